The Hall–Kier alpha value is -2.34. The van der Waals surface area contributed by atoms with E-state index >= 15 is 0 Å². The van der Waals surface area contributed by atoms with E-state index in [-0.39, 0.29) is 5.91 Å². The van der Waals surface area contributed by atoms with Gasteiger partial charge < -0.3 is 5.32 Å². The first-order valence-corrected chi connectivity index (χ1v) is 6.66. The molecule has 1 amide bonds. The minimum Gasteiger partial charge on any atom is -0.354 e. The molecule has 0 heterocycles. The lowest BCUT2D eigenvalue weighted by Gasteiger charge is -2.15. The van der Waals surface area contributed by atoms with Gasteiger partial charge in [0, 0.05) is 6.54 Å². The highest BCUT2D eigenvalue weighted by molar-refractivity contribution is 5.85. The van der Waals surface area contributed by atoms with Gasteiger partial charge in [0.25, 0.3) is 0 Å². The highest BCUT2D eigenvalue weighted by Crippen LogP contribution is 2.16. The number of hydrogen-bond donors (Lipinski definition) is 1. The number of amides is 1. The Morgan fingerprint density at radius 3 is 2.60 bits per heavy atom. The first-order chi connectivity index (χ1) is 9.50. The van der Waals surface area contributed by atoms with E-state index in [4.69, 9.17) is 5.26 Å². The number of fused-ring (bicyclic) bond motifs is 1. The topological polar surface area (TPSA) is 52.9 Å². The standard InChI is InChI=1S/C17H18N2O/c1-17(2,11-18)12-19-16(20)10-13-7-8-14-5-3-4-6-15(14)9-13/h3-9H,10,12H2,1-2H3,(H,19,20). The Labute approximate surface area is 119 Å². The summed E-state index contributed by atoms with van der Waals surface area (Å²) in [6.45, 7) is 3.99. The van der Waals surface area contributed by atoms with E-state index in [1.54, 1.807) is 0 Å². The molecule has 0 bridgehead atoms. The average Bonchev–Trinajstić information content (AvgIpc) is 2.45. The van der Waals surface area contributed by atoms with Crippen LogP contribution >= 0.6 is 0 Å². The minimum atomic E-state index is -0.529. The molecule has 0 aliphatic rings. The van der Waals surface area contributed by atoms with Crippen LogP contribution in [0.25, 0.3) is 10.8 Å². The first kappa shape index (κ1) is 14.1. The van der Waals surface area contributed by atoms with Crippen molar-refractivity contribution in [1.29, 1.82) is 5.26 Å². The third-order valence-electron chi connectivity index (χ3n) is 3.21. The van der Waals surface area contributed by atoms with Crippen LogP contribution in [0.2, 0.25) is 0 Å². The largest absolute Gasteiger partial charge is 0.354 e. The zero-order valence-electron chi connectivity index (χ0n) is 11.8. The number of nitrogens with one attached hydrogen (secondary N) is 1. The van der Waals surface area contributed by atoms with Gasteiger partial charge in [0.15, 0.2) is 0 Å². The average molecular weight is 266 g/mol. The van der Waals surface area contributed by atoms with Crippen LogP contribution in [0, 0.1) is 16.7 Å². The molecule has 0 saturated carbocycles. The summed E-state index contributed by atoms with van der Waals surface area (Å²) in [7, 11) is 0. The van der Waals surface area contributed by atoms with Crippen LogP contribution in [-0.4, -0.2) is 12.5 Å². The molecule has 2 rings (SSSR count). The van der Waals surface area contributed by atoms with E-state index in [9.17, 15) is 4.79 Å². The summed E-state index contributed by atoms with van der Waals surface area (Å²) in [5.74, 6) is -0.0522. The predicted molar refractivity (Wildman–Crippen MR) is 80.1 cm³/mol. The van der Waals surface area contributed by atoms with Gasteiger partial charge in [-0.05, 0) is 30.2 Å². The second-order valence-corrected chi connectivity index (χ2v) is 5.63. The third-order valence-corrected chi connectivity index (χ3v) is 3.21. The lowest BCUT2D eigenvalue weighted by molar-refractivity contribution is -0.120. The molecule has 0 aliphatic heterocycles. The monoisotopic (exact) mass is 266 g/mol. The van der Waals surface area contributed by atoms with Crippen molar-refractivity contribution in [2.24, 2.45) is 5.41 Å². The molecule has 0 spiro atoms. The van der Waals surface area contributed by atoms with Gasteiger partial charge in [0.2, 0.25) is 5.91 Å². The van der Waals surface area contributed by atoms with E-state index < -0.39 is 5.41 Å². The molecule has 0 atom stereocenters. The molecule has 0 fully saturated rings. The summed E-state index contributed by atoms with van der Waals surface area (Å²) in [6, 6.07) is 16.3. The van der Waals surface area contributed by atoms with E-state index in [0.29, 0.717) is 13.0 Å². The highest BCUT2D eigenvalue weighted by atomic mass is 16.1. The Balaban J connectivity index is 2.01. The maximum absolute atomic E-state index is 11.9. The van der Waals surface area contributed by atoms with Crippen LogP contribution in [0.15, 0.2) is 42.5 Å². The highest BCUT2D eigenvalue weighted by Gasteiger charge is 2.17. The lowest BCUT2D eigenvalue weighted by Crippen LogP contribution is -2.34. The lowest BCUT2D eigenvalue weighted by atomic mass is 9.96. The zero-order chi connectivity index (χ0) is 14.6. The number of nitrogens with zero attached hydrogens (tertiary/aromatic N) is 1. The maximum atomic E-state index is 11.9. The summed E-state index contributed by atoms with van der Waals surface area (Å²) in [6.07, 6.45) is 0.340. The molecule has 3 heteroatoms. The molecule has 0 unspecified atom stereocenters. The first-order valence-electron chi connectivity index (χ1n) is 6.66. The number of rotatable bonds is 4. The van der Waals surface area contributed by atoms with E-state index in [2.05, 4.69) is 17.5 Å². The van der Waals surface area contributed by atoms with Crippen molar-refractivity contribution >= 4 is 16.7 Å². The molecule has 2 aromatic rings. The molecule has 0 aliphatic carbocycles. The SMILES string of the molecule is CC(C)(C#N)CNC(=O)Cc1ccc2ccccc2c1. The summed E-state index contributed by atoms with van der Waals surface area (Å²) in [5, 5.41) is 14.0. The fourth-order valence-corrected chi connectivity index (χ4v) is 1.96. The van der Waals surface area contributed by atoms with Crippen molar-refractivity contribution in [2.75, 3.05) is 6.54 Å². The number of carbonyl (C=O) groups excluding carboxylic acids is 1. The molecule has 0 radical (unpaired) electrons. The third kappa shape index (κ3) is 3.58. The van der Waals surface area contributed by atoms with Gasteiger partial charge in [0.05, 0.1) is 17.9 Å². The van der Waals surface area contributed by atoms with Gasteiger partial charge in [-0.3, -0.25) is 4.79 Å². The Morgan fingerprint density at radius 2 is 1.90 bits per heavy atom. The number of benzene rings is 2. The summed E-state index contributed by atoms with van der Waals surface area (Å²) >= 11 is 0. The zero-order valence-corrected chi connectivity index (χ0v) is 11.8. The van der Waals surface area contributed by atoms with Crippen LogP contribution in [0.4, 0.5) is 0 Å². The number of nitriles is 1. The molecule has 0 aromatic heterocycles. The maximum Gasteiger partial charge on any atom is 0.224 e. The Bertz CT molecular complexity index is 668. The molecule has 2 aromatic carbocycles. The number of carbonyl (C=O) groups is 1. The molecular formula is C17H18N2O. The second-order valence-electron chi connectivity index (χ2n) is 5.63. The van der Waals surface area contributed by atoms with E-state index in [1.165, 1.54) is 5.39 Å². The van der Waals surface area contributed by atoms with Crippen molar-refractivity contribution < 1.29 is 4.79 Å². The van der Waals surface area contributed by atoms with Crippen molar-refractivity contribution in [2.45, 2.75) is 20.3 Å². The van der Waals surface area contributed by atoms with Gasteiger partial charge in [-0.15, -0.1) is 0 Å². The van der Waals surface area contributed by atoms with Gasteiger partial charge in [-0.25, -0.2) is 0 Å². The Morgan fingerprint density at radius 1 is 1.20 bits per heavy atom. The molecule has 0 saturated heterocycles. The van der Waals surface area contributed by atoms with Crippen LogP contribution in [0.5, 0.6) is 0 Å². The summed E-state index contributed by atoms with van der Waals surface area (Å²) < 4.78 is 0. The minimum absolute atomic E-state index is 0.0522. The fraction of sp³-hybridized carbons (Fsp3) is 0.294. The fourth-order valence-electron chi connectivity index (χ4n) is 1.96. The van der Waals surface area contributed by atoms with Gasteiger partial charge in [0.1, 0.15) is 0 Å². The summed E-state index contributed by atoms with van der Waals surface area (Å²) in [4.78, 5) is 11.9. The summed E-state index contributed by atoms with van der Waals surface area (Å²) in [5.41, 5.74) is 0.454. The normalized spacial score (nSPS) is 11.1. The van der Waals surface area contributed by atoms with E-state index in [1.807, 2.05) is 50.2 Å². The molecule has 20 heavy (non-hydrogen) atoms. The number of hydrogen-bond acceptors (Lipinski definition) is 2. The van der Waals surface area contributed by atoms with Crippen LogP contribution in [0.3, 0.4) is 0 Å². The van der Waals surface area contributed by atoms with E-state index in [0.717, 1.165) is 10.9 Å². The quantitative estimate of drug-likeness (QED) is 0.924. The van der Waals surface area contributed by atoms with Crippen LogP contribution < -0.4 is 5.32 Å². The van der Waals surface area contributed by atoms with Crippen LogP contribution in [-0.2, 0) is 11.2 Å². The smallest absolute Gasteiger partial charge is 0.224 e. The van der Waals surface area contributed by atoms with Crippen molar-refractivity contribution in [1.82, 2.24) is 5.32 Å². The predicted octanol–water partition coefficient (Wildman–Crippen LogP) is 3.05. The van der Waals surface area contributed by atoms with Crippen LogP contribution in [0.1, 0.15) is 19.4 Å². The molecular weight excluding hydrogens is 248 g/mol. The van der Waals surface area contributed by atoms with Crippen molar-refractivity contribution in [3.05, 3.63) is 48.0 Å². The second kappa shape index (κ2) is 5.75. The van der Waals surface area contributed by atoms with Crippen molar-refractivity contribution in [3.8, 4) is 6.07 Å². The molecule has 3 nitrogen and oxygen atoms in total. The molecule has 102 valence electrons. The molecule has 1 N–H and O–H groups in total. The van der Waals surface area contributed by atoms with Crippen molar-refractivity contribution in [3.63, 3.8) is 0 Å². The van der Waals surface area contributed by atoms with Gasteiger partial charge >= 0.3 is 0 Å². The van der Waals surface area contributed by atoms with Gasteiger partial charge in [-0.1, -0.05) is 42.5 Å². The Kier molecular flexibility index (Phi) is 4.05. The van der Waals surface area contributed by atoms with Gasteiger partial charge in [-0.2, -0.15) is 5.26 Å².